The van der Waals surface area contributed by atoms with Crippen LogP contribution in [0.4, 0.5) is 5.69 Å². The molecule has 0 aliphatic carbocycles. The number of nitrogens with zero attached hydrogens (tertiary/aromatic N) is 1. The second kappa shape index (κ2) is 5.96. The lowest BCUT2D eigenvalue weighted by Gasteiger charge is -2.42. The lowest BCUT2D eigenvalue weighted by atomic mass is 10.1. The van der Waals surface area contributed by atoms with Gasteiger partial charge in [-0.3, -0.25) is 9.69 Å². The molecule has 1 fully saturated rings. The third-order valence-corrected chi connectivity index (χ3v) is 5.29. The summed E-state index contributed by atoms with van der Waals surface area (Å²) in [6, 6.07) is 15.0. The van der Waals surface area contributed by atoms with Crippen molar-refractivity contribution in [2.45, 2.75) is 23.4 Å². The van der Waals surface area contributed by atoms with Gasteiger partial charge in [0.05, 0.1) is 4.90 Å². The molecule has 2 aromatic rings. The quantitative estimate of drug-likeness (QED) is 0.368. The van der Waals surface area contributed by atoms with E-state index in [0.29, 0.717) is 5.69 Å². The van der Waals surface area contributed by atoms with Crippen molar-refractivity contribution in [1.82, 2.24) is 0 Å². The molecule has 5 nitrogen and oxygen atoms in total. The Balaban J connectivity index is 1.77. The van der Waals surface area contributed by atoms with E-state index < -0.39 is 27.6 Å². The van der Waals surface area contributed by atoms with Gasteiger partial charge in [0.25, 0.3) is 16.0 Å². The lowest BCUT2D eigenvalue weighted by Crippen LogP contribution is -2.64. The van der Waals surface area contributed by atoms with E-state index in [1.54, 1.807) is 36.4 Å². The molecular formula is C16H14ClNO4S. The summed E-state index contributed by atoms with van der Waals surface area (Å²) in [6.45, 7) is 1.85. The van der Waals surface area contributed by atoms with E-state index in [9.17, 15) is 13.2 Å². The van der Waals surface area contributed by atoms with Crippen molar-refractivity contribution in [3.05, 3.63) is 60.2 Å². The number of rotatable bonds is 4. The highest BCUT2D eigenvalue weighted by molar-refractivity contribution is 7.86. The van der Waals surface area contributed by atoms with Gasteiger partial charge in [0.1, 0.15) is 5.50 Å². The van der Waals surface area contributed by atoms with E-state index in [0.717, 1.165) is 5.56 Å². The fourth-order valence-electron chi connectivity index (χ4n) is 2.27. The molecule has 1 amide bonds. The average Bonchev–Trinajstić information content (AvgIpc) is 2.54. The number of carbonyl (C=O) groups is 1. The molecule has 1 aliphatic heterocycles. The summed E-state index contributed by atoms with van der Waals surface area (Å²) >= 11 is 6.14. The molecule has 2 aromatic carbocycles. The minimum atomic E-state index is -4.04. The van der Waals surface area contributed by atoms with Crippen LogP contribution in [0.1, 0.15) is 5.56 Å². The van der Waals surface area contributed by atoms with Crippen molar-refractivity contribution >= 4 is 33.3 Å². The van der Waals surface area contributed by atoms with E-state index in [1.165, 1.54) is 17.0 Å². The third kappa shape index (κ3) is 2.97. The molecule has 7 heteroatoms. The van der Waals surface area contributed by atoms with Gasteiger partial charge in [-0.2, -0.15) is 8.42 Å². The number of benzene rings is 2. The Morgan fingerprint density at radius 1 is 1.04 bits per heavy atom. The van der Waals surface area contributed by atoms with Gasteiger partial charge in [0.15, 0.2) is 6.10 Å². The van der Waals surface area contributed by atoms with Crippen molar-refractivity contribution in [2.24, 2.45) is 0 Å². The Hall–Kier alpha value is -1.89. The van der Waals surface area contributed by atoms with Gasteiger partial charge in [-0.25, -0.2) is 4.18 Å². The molecule has 1 aliphatic rings. The lowest BCUT2D eigenvalue weighted by molar-refractivity contribution is -0.132. The number of halogens is 1. The zero-order valence-electron chi connectivity index (χ0n) is 12.2. The van der Waals surface area contributed by atoms with Crippen LogP contribution in [0.25, 0.3) is 0 Å². The third-order valence-electron chi connectivity index (χ3n) is 3.55. The van der Waals surface area contributed by atoms with Gasteiger partial charge < -0.3 is 0 Å². The van der Waals surface area contributed by atoms with Crippen molar-refractivity contribution in [3.63, 3.8) is 0 Å². The van der Waals surface area contributed by atoms with Crippen LogP contribution in [0.5, 0.6) is 0 Å². The second-order valence-electron chi connectivity index (χ2n) is 5.20. The number of carbonyl (C=O) groups excluding carboxylic acids is 1. The molecule has 1 heterocycles. The van der Waals surface area contributed by atoms with Gasteiger partial charge in [0, 0.05) is 5.69 Å². The fourth-order valence-corrected chi connectivity index (χ4v) is 3.74. The smallest absolute Gasteiger partial charge is 0.290 e. The van der Waals surface area contributed by atoms with Crippen LogP contribution in [0.3, 0.4) is 0 Å². The number of β-lactam (4-membered cyclic amide) rings is 1. The van der Waals surface area contributed by atoms with Crippen LogP contribution >= 0.6 is 11.6 Å². The topological polar surface area (TPSA) is 63.7 Å². The molecule has 1 saturated heterocycles. The van der Waals surface area contributed by atoms with Gasteiger partial charge >= 0.3 is 0 Å². The van der Waals surface area contributed by atoms with Gasteiger partial charge in [0.2, 0.25) is 0 Å². The van der Waals surface area contributed by atoms with Gasteiger partial charge in [-0.15, -0.1) is 0 Å². The standard InChI is InChI=1S/C16H14ClNO4S/c1-11-7-9-13(10-8-11)23(20,21)22-14-15(17)18(16(14)19)12-5-3-2-4-6-12/h2-10,14-15H,1H3/t14-,15-/m0/s1. The molecular weight excluding hydrogens is 338 g/mol. The summed E-state index contributed by atoms with van der Waals surface area (Å²) in [5.74, 6) is -0.480. The van der Waals surface area contributed by atoms with Crippen LogP contribution in [0.15, 0.2) is 59.5 Å². The SMILES string of the molecule is Cc1ccc(S(=O)(=O)O[C@@H]2C(=O)N(c3ccccc3)[C@@H]2Cl)cc1. The van der Waals surface area contributed by atoms with Crippen LogP contribution in [0, 0.1) is 6.92 Å². The van der Waals surface area contributed by atoms with Crippen LogP contribution in [-0.4, -0.2) is 25.9 Å². The van der Waals surface area contributed by atoms with E-state index >= 15 is 0 Å². The number of amides is 1. The summed E-state index contributed by atoms with van der Waals surface area (Å²) in [5.41, 5.74) is 0.657. The van der Waals surface area contributed by atoms with Crippen molar-refractivity contribution in [2.75, 3.05) is 4.90 Å². The zero-order chi connectivity index (χ0) is 16.6. The number of anilines is 1. The summed E-state index contributed by atoms with van der Waals surface area (Å²) < 4.78 is 29.5. The van der Waals surface area contributed by atoms with E-state index in [1.807, 2.05) is 13.0 Å². The highest BCUT2D eigenvalue weighted by atomic mass is 35.5. The Morgan fingerprint density at radius 2 is 1.65 bits per heavy atom. The zero-order valence-corrected chi connectivity index (χ0v) is 13.8. The average molecular weight is 352 g/mol. The second-order valence-corrected chi connectivity index (χ2v) is 7.22. The molecule has 0 spiro atoms. The Kier molecular flexibility index (Phi) is 4.14. The van der Waals surface area contributed by atoms with Gasteiger partial charge in [-0.05, 0) is 31.2 Å². The van der Waals surface area contributed by atoms with E-state index in [-0.39, 0.29) is 4.90 Å². The first-order chi connectivity index (χ1) is 10.9. The summed E-state index contributed by atoms with van der Waals surface area (Å²) in [6.07, 6.45) is -1.22. The Bertz CT molecular complexity index is 821. The largest absolute Gasteiger partial charge is 0.297 e. The summed E-state index contributed by atoms with van der Waals surface area (Å²) in [4.78, 5) is 13.5. The molecule has 3 rings (SSSR count). The van der Waals surface area contributed by atoms with Crippen molar-refractivity contribution in [1.29, 1.82) is 0 Å². The molecule has 2 atom stereocenters. The summed E-state index contributed by atoms with van der Waals surface area (Å²) in [7, 11) is -4.04. The highest BCUT2D eigenvalue weighted by Crippen LogP contribution is 2.34. The molecule has 0 N–H and O–H groups in total. The normalized spacial score (nSPS) is 21.1. The van der Waals surface area contributed by atoms with Gasteiger partial charge in [-0.1, -0.05) is 47.5 Å². The first kappa shape index (κ1) is 16.0. The number of hydrogen-bond donors (Lipinski definition) is 0. The molecule has 0 unspecified atom stereocenters. The molecule has 0 bridgehead atoms. The first-order valence-corrected chi connectivity index (χ1v) is 8.77. The van der Waals surface area contributed by atoms with Crippen molar-refractivity contribution < 1.29 is 17.4 Å². The number of alkyl halides is 1. The minimum absolute atomic E-state index is 0.00192. The predicted octanol–water partition coefficient (Wildman–Crippen LogP) is 2.68. The Labute approximate surface area is 139 Å². The monoisotopic (exact) mass is 351 g/mol. The van der Waals surface area contributed by atoms with Crippen LogP contribution < -0.4 is 4.90 Å². The minimum Gasteiger partial charge on any atom is -0.290 e. The maximum Gasteiger partial charge on any atom is 0.297 e. The number of hydrogen-bond acceptors (Lipinski definition) is 4. The molecule has 0 radical (unpaired) electrons. The summed E-state index contributed by atoms with van der Waals surface area (Å²) in [5, 5.41) is 0. The Morgan fingerprint density at radius 3 is 2.22 bits per heavy atom. The maximum absolute atomic E-state index is 12.2. The molecule has 0 aromatic heterocycles. The number of para-hydroxylation sites is 1. The molecule has 23 heavy (non-hydrogen) atoms. The predicted molar refractivity (Wildman–Crippen MR) is 86.8 cm³/mol. The molecule has 0 saturated carbocycles. The van der Waals surface area contributed by atoms with E-state index in [2.05, 4.69) is 0 Å². The van der Waals surface area contributed by atoms with Crippen LogP contribution in [0.2, 0.25) is 0 Å². The van der Waals surface area contributed by atoms with E-state index in [4.69, 9.17) is 15.8 Å². The number of aryl methyl sites for hydroxylation is 1. The first-order valence-electron chi connectivity index (χ1n) is 6.92. The fraction of sp³-hybridized carbons (Fsp3) is 0.188. The highest BCUT2D eigenvalue weighted by Gasteiger charge is 2.50. The van der Waals surface area contributed by atoms with Crippen LogP contribution in [-0.2, 0) is 19.1 Å². The van der Waals surface area contributed by atoms with Crippen molar-refractivity contribution in [3.8, 4) is 0 Å². The maximum atomic E-state index is 12.2. The molecule has 120 valence electrons.